The van der Waals surface area contributed by atoms with Gasteiger partial charge in [0, 0.05) is 42.5 Å². The predicted molar refractivity (Wildman–Crippen MR) is 181 cm³/mol. The molecule has 0 bridgehead atoms. The van der Waals surface area contributed by atoms with E-state index in [1.165, 1.54) is 16.7 Å². The molecular weight excluding hydrogens is 671 g/mol. The molecule has 1 aliphatic carbocycles. The van der Waals surface area contributed by atoms with Gasteiger partial charge >= 0.3 is 0 Å². The van der Waals surface area contributed by atoms with E-state index in [1.807, 2.05) is 32.6 Å². The Morgan fingerprint density at radius 2 is 1.87 bits per heavy atom. The fourth-order valence-electron chi connectivity index (χ4n) is 6.44. The van der Waals surface area contributed by atoms with Crippen LogP contribution in [0.5, 0.6) is 0 Å². The molecule has 2 aliphatic rings. The number of hydrogen-bond acceptors (Lipinski definition) is 7. The number of anilines is 1. The number of carbonyl (C=O) groups is 1. The number of rotatable bonds is 5. The normalized spacial score (nSPS) is 21.9. The van der Waals surface area contributed by atoms with Crippen molar-refractivity contribution in [1.82, 2.24) is 19.4 Å². The molecule has 1 fully saturated rings. The van der Waals surface area contributed by atoms with Crippen LogP contribution in [0.4, 0.5) is 14.5 Å². The largest absolute Gasteiger partial charge is 0.400 e. The van der Waals surface area contributed by atoms with Crippen molar-refractivity contribution >= 4 is 63.0 Å². The van der Waals surface area contributed by atoms with Crippen LogP contribution in [0.15, 0.2) is 52.3 Å². The molecule has 0 spiro atoms. The molecular formula is C33H32Cl3F2N7O2. The third-order valence-electron chi connectivity index (χ3n) is 8.53. The van der Waals surface area contributed by atoms with E-state index in [4.69, 9.17) is 45.5 Å². The summed E-state index contributed by atoms with van der Waals surface area (Å²) in [5.41, 5.74) is 6.16. The van der Waals surface area contributed by atoms with Gasteiger partial charge in [0.15, 0.2) is 12.0 Å². The molecule has 5 rings (SSSR count). The van der Waals surface area contributed by atoms with E-state index in [9.17, 15) is 19.2 Å². The van der Waals surface area contributed by atoms with Gasteiger partial charge < -0.3 is 15.5 Å². The zero-order valence-electron chi connectivity index (χ0n) is 26.3. The Morgan fingerprint density at radius 3 is 2.45 bits per heavy atom. The average molecular weight is 703 g/mol. The highest BCUT2D eigenvalue weighted by Crippen LogP contribution is 2.44. The molecule has 0 saturated carbocycles. The Balaban J connectivity index is 1.92. The van der Waals surface area contributed by atoms with Gasteiger partial charge in [-0.05, 0) is 50.5 Å². The lowest BCUT2D eigenvalue weighted by molar-refractivity contribution is -0.130. The van der Waals surface area contributed by atoms with E-state index in [0.717, 1.165) is 0 Å². The monoisotopic (exact) mass is 701 g/mol. The molecule has 47 heavy (non-hydrogen) atoms. The number of alkyl halides is 2. The number of fused-ring (bicyclic) bond motifs is 1. The highest BCUT2D eigenvalue weighted by atomic mass is 35.5. The molecule has 14 heteroatoms. The van der Waals surface area contributed by atoms with E-state index in [2.05, 4.69) is 17.6 Å². The maximum atomic E-state index is 15.7. The van der Waals surface area contributed by atoms with Crippen molar-refractivity contribution in [3.05, 3.63) is 85.4 Å². The minimum Gasteiger partial charge on any atom is -0.400 e. The van der Waals surface area contributed by atoms with E-state index < -0.39 is 33.5 Å². The van der Waals surface area contributed by atoms with Crippen molar-refractivity contribution in [3.8, 4) is 11.8 Å². The summed E-state index contributed by atoms with van der Waals surface area (Å²) in [7, 11) is 0. The van der Waals surface area contributed by atoms with Crippen molar-refractivity contribution in [2.24, 2.45) is 5.73 Å². The van der Waals surface area contributed by atoms with Crippen LogP contribution in [0.3, 0.4) is 0 Å². The molecule has 246 valence electrons. The number of piperazine rings is 1. The van der Waals surface area contributed by atoms with Gasteiger partial charge in [-0.1, -0.05) is 43.6 Å². The van der Waals surface area contributed by atoms with Gasteiger partial charge in [0.05, 0.1) is 38.4 Å². The molecule has 1 aliphatic heterocycles. The Labute approximate surface area is 285 Å². The summed E-state index contributed by atoms with van der Waals surface area (Å²) >= 11 is 19.0. The first-order chi connectivity index (χ1) is 22.2. The standard InChI is InChI=1S/C33H32Cl3F2N7O2/c1-7-21(46)44-16(5)12-43(13-17(44)6)31-18-10-20(34)29(22-25(37)23(35)26(38)24(36)27(22)40)42-32(18)45(33(47)19(31)11-39)30-15(4)8-9-41-28(30)14(2)3/h7-10,14,16-17,24,26H,1,12-13,40H2,2-6H3/t16-,17+,24-,26?/m1/s1. The maximum Gasteiger partial charge on any atom is 0.276 e. The zero-order valence-corrected chi connectivity index (χ0v) is 28.6. The molecule has 1 saturated heterocycles. The van der Waals surface area contributed by atoms with Crippen molar-refractivity contribution < 1.29 is 13.6 Å². The summed E-state index contributed by atoms with van der Waals surface area (Å²) in [4.78, 5) is 40.0. The second kappa shape index (κ2) is 12.9. The minimum absolute atomic E-state index is 0.0176. The first-order valence-corrected chi connectivity index (χ1v) is 16.0. The highest BCUT2D eigenvalue weighted by Gasteiger charge is 2.39. The molecule has 3 aromatic heterocycles. The van der Waals surface area contributed by atoms with Gasteiger partial charge in [0.1, 0.15) is 22.7 Å². The third-order valence-corrected chi connectivity index (χ3v) is 9.65. The second-order valence-corrected chi connectivity index (χ2v) is 13.3. The van der Waals surface area contributed by atoms with Crippen LogP contribution in [-0.2, 0) is 4.79 Å². The zero-order chi connectivity index (χ0) is 34.6. The summed E-state index contributed by atoms with van der Waals surface area (Å²) < 4.78 is 31.6. The van der Waals surface area contributed by atoms with Crippen molar-refractivity contribution in [2.75, 3.05) is 18.0 Å². The van der Waals surface area contributed by atoms with E-state index >= 15 is 4.39 Å². The molecule has 9 nitrogen and oxygen atoms in total. The molecule has 1 amide bonds. The number of nitrogens with two attached hydrogens (primary N) is 1. The Hall–Kier alpha value is -3.98. The number of aromatic nitrogens is 3. The van der Waals surface area contributed by atoms with Crippen LogP contribution in [0.25, 0.3) is 22.3 Å². The molecule has 1 unspecified atom stereocenters. The number of nitriles is 1. The number of amides is 1. The van der Waals surface area contributed by atoms with Crippen LogP contribution in [0, 0.1) is 18.3 Å². The topological polar surface area (TPSA) is 121 Å². The van der Waals surface area contributed by atoms with E-state index in [0.29, 0.717) is 22.3 Å². The third kappa shape index (κ3) is 5.56. The summed E-state index contributed by atoms with van der Waals surface area (Å²) in [5.74, 6) is -1.58. The Morgan fingerprint density at radius 1 is 1.23 bits per heavy atom. The average Bonchev–Trinajstić information content (AvgIpc) is 3.02. The van der Waals surface area contributed by atoms with Crippen molar-refractivity contribution in [1.29, 1.82) is 5.26 Å². The van der Waals surface area contributed by atoms with Crippen LogP contribution >= 0.6 is 34.8 Å². The molecule has 2 N–H and O–H groups in total. The molecule has 0 radical (unpaired) electrons. The van der Waals surface area contributed by atoms with E-state index in [-0.39, 0.29) is 70.3 Å². The number of allylic oxidation sites excluding steroid dienone is 4. The van der Waals surface area contributed by atoms with Crippen LogP contribution in [0.2, 0.25) is 5.02 Å². The number of nitrogens with zero attached hydrogens (tertiary/aromatic N) is 6. The van der Waals surface area contributed by atoms with Gasteiger partial charge in [0.2, 0.25) is 5.91 Å². The van der Waals surface area contributed by atoms with Crippen molar-refractivity contribution in [3.63, 3.8) is 0 Å². The van der Waals surface area contributed by atoms with E-state index in [1.54, 1.807) is 24.1 Å². The van der Waals surface area contributed by atoms with Crippen molar-refractivity contribution in [2.45, 2.75) is 64.2 Å². The minimum atomic E-state index is -2.09. The fourth-order valence-corrected chi connectivity index (χ4v) is 7.21. The molecule has 4 atom stereocenters. The van der Waals surface area contributed by atoms with Crippen LogP contribution in [0.1, 0.15) is 56.1 Å². The van der Waals surface area contributed by atoms with Crippen LogP contribution in [-0.4, -0.2) is 62.1 Å². The van der Waals surface area contributed by atoms with Gasteiger partial charge in [-0.25, -0.2) is 13.8 Å². The molecule has 0 aromatic carbocycles. The number of pyridine rings is 3. The Kier molecular flexibility index (Phi) is 9.43. The second-order valence-electron chi connectivity index (χ2n) is 12.0. The first kappa shape index (κ1) is 34.4. The smallest absolute Gasteiger partial charge is 0.276 e. The maximum absolute atomic E-state index is 15.7. The Bertz CT molecular complexity index is 1990. The molecule has 3 aromatic rings. The fraction of sp³-hybridized carbons (Fsp3) is 0.364. The van der Waals surface area contributed by atoms with Gasteiger partial charge in [-0.15, -0.1) is 11.6 Å². The number of hydrogen-bond donors (Lipinski definition) is 1. The summed E-state index contributed by atoms with van der Waals surface area (Å²) in [6.45, 7) is 13.4. The van der Waals surface area contributed by atoms with Gasteiger partial charge in [0.25, 0.3) is 5.56 Å². The quantitative estimate of drug-likeness (QED) is 0.241. The molecule has 4 heterocycles. The summed E-state index contributed by atoms with van der Waals surface area (Å²) in [6.07, 6.45) is 0.773. The van der Waals surface area contributed by atoms with Crippen LogP contribution < -0.4 is 16.2 Å². The van der Waals surface area contributed by atoms with Gasteiger partial charge in [-0.3, -0.25) is 19.1 Å². The number of halogens is 5. The number of carbonyl (C=O) groups excluding carboxylic acids is 1. The first-order valence-electron chi connectivity index (χ1n) is 14.8. The predicted octanol–water partition coefficient (Wildman–Crippen LogP) is 6.40. The lowest BCUT2D eigenvalue weighted by Crippen LogP contribution is -2.58. The summed E-state index contributed by atoms with van der Waals surface area (Å²) in [6, 6.07) is 4.63. The lowest BCUT2D eigenvalue weighted by atomic mass is 9.96. The lowest BCUT2D eigenvalue weighted by Gasteiger charge is -2.45. The SMILES string of the molecule is C=CC(=O)N1[C@H](C)CN(c2c(C#N)c(=O)n(-c3c(C)ccnc3C(C)C)c3nc(C4=C(N)[C@H](Cl)C(F)C(Cl)=C4F)c(Cl)cc23)C[C@@H]1C. The number of aryl methyl sites for hydroxylation is 1. The highest BCUT2D eigenvalue weighted by molar-refractivity contribution is 6.35. The van der Waals surface area contributed by atoms with Gasteiger partial charge in [-0.2, -0.15) is 5.26 Å². The summed E-state index contributed by atoms with van der Waals surface area (Å²) in [5, 5.41) is 8.41.